The van der Waals surface area contributed by atoms with Gasteiger partial charge in [0.05, 0.1) is 18.1 Å². The lowest BCUT2D eigenvalue weighted by Gasteiger charge is -2.24. The van der Waals surface area contributed by atoms with Crippen LogP contribution in [0.25, 0.3) is 0 Å². The summed E-state index contributed by atoms with van der Waals surface area (Å²) in [6, 6.07) is 10.4. The van der Waals surface area contributed by atoms with Gasteiger partial charge in [-0.15, -0.1) is 11.3 Å². The van der Waals surface area contributed by atoms with E-state index in [1.54, 1.807) is 42.7 Å². The summed E-state index contributed by atoms with van der Waals surface area (Å²) in [5.41, 5.74) is 0. The lowest BCUT2D eigenvalue weighted by Crippen LogP contribution is -2.36. The molecule has 1 aliphatic heterocycles. The van der Waals surface area contributed by atoms with E-state index >= 15 is 0 Å². The van der Waals surface area contributed by atoms with Crippen LogP contribution in [0.15, 0.2) is 46.7 Å². The number of sulfonamides is 1. The van der Waals surface area contributed by atoms with Crippen LogP contribution in [0.1, 0.15) is 17.7 Å². The molecule has 0 bridgehead atoms. The Morgan fingerprint density at radius 2 is 2.08 bits per heavy atom. The van der Waals surface area contributed by atoms with Crippen LogP contribution in [0.3, 0.4) is 0 Å². The SMILES string of the molecule is COc1ccc(S(=O)(=O)N(Cc2cccs2)C[C@@H]2CCCO2)cc1. The number of hydrogen-bond acceptors (Lipinski definition) is 5. The summed E-state index contributed by atoms with van der Waals surface area (Å²) in [5.74, 6) is 0.637. The Hall–Kier alpha value is -1.41. The second kappa shape index (κ2) is 7.65. The normalized spacial score (nSPS) is 18.2. The Morgan fingerprint density at radius 3 is 2.67 bits per heavy atom. The van der Waals surface area contributed by atoms with Crippen molar-refractivity contribution >= 4 is 21.4 Å². The minimum atomic E-state index is -3.59. The molecule has 1 aliphatic rings. The number of ether oxygens (including phenoxy) is 2. The largest absolute Gasteiger partial charge is 0.497 e. The zero-order chi connectivity index (χ0) is 17.0. The van der Waals surface area contributed by atoms with Crippen molar-refractivity contribution in [3.8, 4) is 5.75 Å². The Kier molecular flexibility index (Phi) is 5.55. The first-order valence-corrected chi connectivity index (χ1v) is 10.2. The van der Waals surface area contributed by atoms with Crippen LogP contribution >= 0.6 is 11.3 Å². The van der Waals surface area contributed by atoms with Crippen molar-refractivity contribution in [2.45, 2.75) is 30.4 Å². The van der Waals surface area contributed by atoms with E-state index < -0.39 is 10.0 Å². The van der Waals surface area contributed by atoms with Crippen LogP contribution in [-0.4, -0.2) is 39.1 Å². The van der Waals surface area contributed by atoms with E-state index in [9.17, 15) is 8.42 Å². The zero-order valence-corrected chi connectivity index (χ0v) is 15.2. The Labute approximate surface area is 146 Å². The van der Waals surface area contributed by atoms with Crippen molar-refractivity contribution in [1.29, 1.82) is 0 Å². The second-order valence-corrected chi connectivity index (χ2v) is 8.66. The van der Waals surface area contributed by atoms with E-state index in [1.807, 2.05) is 17.5 Å². The van der Waals surface area contributed by atoms with Gasteiger partial charge in [0.15, 0.2) is 0 Å². The van der Waals surface area contributed by atoms with E-state index in [1.165, 1.54) is 4.31 Å². The van der Waals surface area contributed by atoms with E-state index in [0.29, 0.717) is 25.4 Å². The molecule has 1 saturated heterocycles. The van der Waals surface area contributed by atoms with Gasteiger partial charge in [-0.05, 0) is 48.6 Å². The molecule has 0 amide bonds. The molecule has 0 saturated carbocycles. The molecular weight excluding hydrogens is 346 g/mol. The van der Waals surface area contributed by atoms with Crippen molar-refractivity contribution in [2.75, 3.05) is 20.3 Å². The monoisotopic (exact) mass is 367 g/mol. The van der Waals surface area contributed by atoms with Crippen LogP contribution in [0, 0.1) is 0 Å². The Balaban J connectivity index is 1.86. The van der Waals surface area contributed by atoms with Crippen LogP contribution in [0.2, 0.25) is 0 Å². The Morgan fingerprint density at radius 1 is 1.29 bits per heavy atom. The smallest absolute Gasteiger partial charge is 0.243 e. The summed E-state index contributed by atoms with van der Waals surface area (Å²) in [6.45, 7) is 1.46. The second-order valence-electron chi connectivity index (χ2n) is 5.69. The third kappa shape index (κ3) is 3.97. The molecule has 1 atom stereocenters. The molecular formula is C17H21NO4S2. The summed E-state index contributed by atoms with van der Waals surface area (Å²) >= 11 is 1.56. The number of benzene rings is 1. The van der Waals surface area contributed by atoms with Gasteiger partial charge in [-0.3, -0.25) is 0 Å². The summed E-state index contributed by atoms with van der Waals surface area (Å²) in [5, 5.41) is 1.96. The fraction of sp³-hybridized carbons (Fsp3) is 0.412. The highest BCUT2D eigenvalue weighted by atomic mass is 32.2. The molecule has 1 aromatic carbocycles. The van der Waals surface area contributed by atoms with Crippen LogP contribution in [0.5, 0.6) is 5.75 Å². The summed E-state index contributed by atoms with van der Waals surface area (Å²) in [4.78, 5) is 1.29. The summed E-state index contributed by atoms with van der Waals surface area (Å²) in [6.07, 6.45) is 1.86. The number of rotatable bonds is 7. The maximum Gasteiger partial charge on any atom is 0.243 e. The fourth-order valence-electron chi connectivity index (χ4n) is 2.74. The molecule has 24 heavy (non-hydrogen) atoms. The summed E-state index contributed by atoms with van der Waals surface area (Å²) < 4.78 is 38.4. The van der Waals surface area contributed by atoms with Gasteiger partial charge in [-0.1, -0.05) is 6.07 Å². The van der Waals surface area contributed by atoms with Gasteiger partial charge in [0.2, 0.25) is 10.0 Å². The zero-order valence-electron chi connectivity index (χ0n) is 13.6. The molecule has 0 radical (unpaired) electrons. The maximum atomic E-state index is 13.1. The first-order chi connectivity index (χ1) is 11.6. The van der Waals surface area contributed by atoms with Crippen LogP contribution in [0.4, 0.5) is 0 Å². The molecule has 5 nitrogen and oxygen atoms in total. The Bertz CT molecular complexity index is 735. The summed E-state index contributed by atoms with van der Waals surface area (Å²) in [7, 11) is -2.03. The third-order valence-electron chi connectivity index (χ3n) is 4.04. The average Bonchev–Trinajstić information content (AvgIpc) is 3.28. The van der Waals surface area contributed by atoms with Gasteiger partial charge in [-0.25, -0.2) is 8.42 Å². The van der Waals surface area contributed by atoms with E-state index in [2.05, 4.69) is 0 Å². The topological polar surface area (TPSA) is 55.8 Å². The molecule has 2 heterocycles. The average molecular weight is 367 g/mol. The van der Waals surface area contributed by atoms with Gasteiger partial charge < -0.3 is 9.47 Å². The van der Waals surface area contributed by atoms with Gasteiger partial charge >= 0.3 is 0 Å². The highest BCUT2D eigenvalue weighted by Gasteiger charge is 2.29. The van der Waals surface area contributed by atoms with E-state index in [-0.39, 0.29) is 11.0 Å². The van der Waals surface area contributed by atoms with E-state index in [0.717, 1.165) is 17.7 Å². The van der Waals surface area contributed by atoms with Crippen molar-refractivity contribution < 1.29 is 17.9 Å². The molecule has 130 valence electrons. The standard InChI is InChI=1S/C17H21NO4S2/c1-21-14-6-8-17(9-7-14)24(19,20)18(12-15-4-2-10-22-15)13-16-5-3-11-23-16/h3,5-9,11,15H,2,4,10,12-13H2,1H3/t15-/m0/s1. The van der Waals surface area contributed by atoms with Crippen LogP contribution in [-0.2, 0) is 21.3 Å². The lowest BCUT2D eigenvalue weighted by atomic mass is 10.2. The fourth-order valence-corrected chi connectivity index (χ4v) is 4.99. The third-order valence-corrected chi connectivity index (χ3v) is 6.73. The predicted octanol–water partition coefficient (Wildman–Crippen LogP) is 3.13. The van der Waals surface area contributed by atoms with Crippen molar-refractivity contribution in [3.63, 3.8) is 0 Å². The van der Waals surface area contributed by atoms with Crippen molar-refractivity contribution in [2.24, 2.45) is 0 Å². The molecule has 3 rings (SSSR count). The molecule has 0 aliphatic carbocycles. The molecule has 1 aromatic heterocycles. The van der Waals surface area contributed by atoms with Gasteiger partial charge in [0, 0.05) is 24.6 Å². The van der Waals surface area contributed by atoms with Crippen LogP contribution < -0.4 is 4.74 Å². The minimum Gasteiger partial charge on any atom is -0.497 e. The molecule has 0 unspecified atom stereocenters. The van der Waals surface area contributed by atoms with E-state index in [4.69, 9.17) is 9.47 Å². The number of nitrogens with zero attached hydrogens (tertiary/aromatic N) is 1. The first-order valence-electron chi connectivity index (χ1n) is 7.88. The van der Waals surface area contributed by atoms with Gasteiger partial charge in [-0.2, -0.15) is 4.31 Å². The molecule has 0 N–H and O–H groups in total. The van der Waals surface area contributed by atoms with Crippen molar-refractivity contribution in [3.05, 3.63) is 46.7 Å². The highest BCUT2D eigenvalue weighted by Crippen LogP contribution is 2.25. The number of thiophene rings is 1. The highest BCUT2D eigenvalue weighted by molar-refractivity contribution is 7.89. The predicted molar refractivity (Wildman–Crippen MR) is 93.9 cm³/mol. The number of methoxy groups -OCH3 is 1. The van der Waals surface area contributed by atoms with Crippen molar-refractivity contribution in [1.82, 2.24) is 4.31 Å². The molecule has 1 fully saturated rings. The van der Waals surface area contributed by atoms with Gasteiger partial charge in [0.25, 0.3) is 0 Å². The minimum absolute atomic E-state index is 0.0296. The van der Waals surface area contributed by atoms with Gasteiger partial charge in [0.1, 0.15) is 5.75 Å². The molecule has 7 heteroatoms. The molecule has 0 spiro atoms. The maximum absolute atomic E-state index is 13.1. The first kappa shape index (κ1) is 17.4. The quantitative estimate of drug-likeness (QED) is 0.754. The molecule has 2 aromatic rings. The lowest BCUT2D eigenvalue weighted by molar-refractivity contribution is 0.0927. The number of hydrogen-bond donors (Lipinski definition) is 0.